The first-order valence-electron chi connectivity index (χ1n) is 24.8. The van der Waals surface area contributed by atoms with E-state index in [0.29, 0.717) is 51.4 Å². The van der Waals surface area contributed by atoms with Crippen LogP contribution in [-0.4, -0.2) is 127 Å². The van der Waals surface area contributed by atoms with E-state index in [4.69, 9.17) is 18.5 Å². The van der Waals surface area contributed by atoms with Gasteiger partial charge in [-0.25, -0.2) is 4.57 Å². The Hall–Kier alpha value is -3.12. The van der Waals surface area contributed by atoms with E-state index in [9.17, 15) is 59.6 Å². The zero-order valence-electron chi connectivity index (χ0n) is 40.3. The summed E-state index contributed by atoms with van der Waals surface area (Å²) in [6.07, 6.45) is 17.2. The van der Waals surface area contributed by atoms with E-state index in [1.54, 1.807) is 6.08 Å². The largest absolute Gasteiger partial charge is 0.472 e. The van der Waals surface area contributed by atoms with Gasteiger partial charge >= 0.3 is 19.8 Å². The average molecular weight is 983 g/mol. The number of phosphoric ester groups is 1. The maximum absolute atomic E-state index is 13.6. The van der Waals surface area contributed by atoms with Crippen LogP contribution in [-0.2, 0) is 37.5 Å². The van der Waals surface area contributed by atoms with Crippen LogP contribution in [0.5, 0.6) is 0 Å². The van der Waals surface area contributed by atoms with E-state index < -0.39 is 112 Å². The number of rotatable bonds is 22. The van der Waals surface area contributed by atoms with Crippen molar-refractivity contribution in [2.45, 2.75) is 204 Å². The summed E-state index contributed by atoms with van der Waals surface area (Å²) in [6.45, 7) is 2.73. The van der Waals surface area contributed by atoms with E-state index in [0.717, 1.165) is 38.5 Å². The van der Waals surface area contributed by atoms with Crippen LogP contribution in [0.15, 0.2) is 72.9 Å². The first-order valence-corrected chi connectivity index (χ1v) is 26.3. The number of fused-ring (bicyclic) bond motifs is 4. The summed E-state index contributed by atoms with van der Waals surface area (Å²) in [5, 5.41) is 78.7. The van der Waals surface area contributed by atoms with E-state index in [1.165, 1.54) is 31.4 Å². The molecule has 0 spiro atoms. The molecule has 17 heteroatoms. The highest BCUT2D eigenvalue weighted by molar-refractivity contribution is 7.47. The molecule has 2 bridgehead atoms. The molecular formula is C51H83O16P. The van der Waals surface area contributed by atoms with Gasteiger partial charge in [0.05, 0.1) is 31.0 Å². The number of esters is 2. The maximum atomic E-state index is 13.6. The second kappa shape index (κ2) is 35.9. The molecule has 1 saturated carbocycles. The first-order chi connectivity index (χ1) is 32.6. The van der Waals surface area contributed by atoms with Gasteiger partial charge in [0.15, 0.2) is 6.10 Å². The molecule has 0 aromatic carbocycles. The van der Waals surface area contributed by atoms with Gasteiger partial charge in [-0.3, -0.25) is 23.4 Å². The van der Waals surface area contributed by atoms with Crippen molar-refractivity contribution in [1.29, 1.82) is 0 Å². The first kappa shape index (κ1) is 61.0. The van der Waals surface area contributed by atoms with Crippen LogP contribution in [0.2, 0.25) is 0 Å². The Morgan fingerprint density at radius 2 is 1.29 bits per heavy atom. The predicted molar refractivity (Wildman–Crippen MR) is 259 cm³/mol. The lowest BCUT2D eigenvalue weighted by Gasteiger charge is -2.36. The molecule has 0 radical (unpaired) electrons. The van der Waals surface area contributed by atoms with Crippen LogP contribution in [0.3, 0.4) is 0 Å². The highest BCUT2D eigenvalue weighted by atomic mass is 31.2. The summed E-state index contributed by atoms with van der Waals surface area (Å²) in [7, 11) is -5.47. The summed E-state index contributed by atoms with van der Waals surface area (Å²) in [5.74, 6) is -5.02. The minimum atomic E-state index is -5.47. The van der Waals surface area contributed by atoms with Crippen molar-refractivity contribution >= 4 is 25.5 Å². The molecule has 2 aliphatic rings. The summed E-state index contributed by atoms with van der Waals surface area (Å²) in [5.41, 5.74) is 0. The number of carbonyl (C=O) groups excluding carboxylic acids is 3. The van der Waals surface area contributed by atoms with Crippen molar-refractivity contribution in [3.05, 3.63) is 72.9 Å². The molecule has 2 rings (SSSR count). The van der Waals surface area contributed by atoms with Crippen LogP contribution in [0, 0.1) is 11.8 Å². The van der Waals surface area contributed by atoms with Crippen LogP contribution >= 0.6 is 7.82 Å². The third-order valence-electron chi connectivity index (χ3n) is 11.9. The number of unbranched alkanes of at least 4 members (excludes halogenated alkanes) is 5. The second-order valence-corrected chi connectivity index (χ2v) is 19.1. The normalized spacial score (nSPS) is 30.9. The number of phosphoric acid groups is 1. The number of allylic oxidation sites excluding steroid dienone is 10. The Balaban J connectivity index is 2.16. The Bertz CT molecular complexity index is 1640. The fourth-order valence-electron chi connectivity index (χ4n) is 7.83. The number of hydrogen-bond acceptors (Lipinski definition) is 15. The van der Waals surface area contributed by atoms with Crippen molar-refractivity contribution in [2.24, 2.45) is 11.8 Å². The number of hydrogen-bond donors (Lipinski definition) is 8. The number of aliphatic hydroxyl groups excluding tert-OH is 7. The smallest absolute Gasteiger partial charge is 0.462 e. The molecule has 8 N–H and O–H groups in total. The van der Waals surface area contributed by atoms with Gasteiger partial charge in [-0.1, -0.05) is 138 Å². The molecule has 0 amide bonds. The molecule has 0 aromatic heterocycles. The van der Waals surface area contributed by atoms with Gasteiger partial charge in [0, 0.05) is 31.1 Å². The number of Topliss-reactive ketones (excluding diaryl/α,β-unsaturated/α-hetero) is 1. The molecule has 68 heavy (non-hydrogen) atoms. The zero-order chi connectivity index (χ0) is 50.2. The van der Waals surface area contributed by atoms with Gasteiger partial charge in [-0.15, -0.1) is 0 Å². The number of ketones is 1. The molecule has 1 saturated heterocycles. The van der Waals surface area contributed by atoms with E-state index in [1.807, 2.05) is 25.2 Å². The Kier molecular flexibility index (Phi) is 32.2. The standard InChI is InChI=1S/C51H83O16P/c1-3-5-7-8-9-10-11-12-13-14-15-16-17-18-19-20-21-22-28-32-45(56)66-39-36-64-44(55)31-27-24-23-26-30-40-42(53)35-43(54)41(34-33-38(52)29-25-6-4-2)47(58)49(60)51(50(61)48(59)46(40)57)67-68(62,63)65-37-39/h9-10,12-13,15-16,18-19,21-22,33-34,38-41,43,46-52,54,57-61H,3-8,11,14,17,20,23-32,35-37H2,1-2H3,(H,62,63)/b10-9-,13-12-,16-15-,19-18-,22-21-,34-33?/t38-,39+,40-,41-,43+,46+,47+,48-,49+,50+,51+/m0/s1. The van der Waals surface area contributed by atoms with Gasteiger partial charge in [0.2, 0.25) is 0 Å². The number of ether oxygens (including phenoxy) is 2. The van der Waals surface area contributed by atoms with Crippen LogP contribution in [0.25, 0.3) is 0 Å². The number of cyclic esters (lactones) is 1. The van der Waals surface area contributed by atoms with Crippen LogP contribution < -0.4 is 0 Å². The lowest BCUT2D eigenvalue weighted by Crippen LogP contribution is -2.55. The highest BCUT2D eigenvalue weighted by Crippen LogP contribution is 2.47. The molecule has 1 aliphatic heterocycles. The molecule has 1 unspecified atom stereocenters. The van der Waals surface area contributed by atoms with Gasteiger partial charge in [0.1, 0.15) is 36.8 Å². The summed E-state index contributed by atoms with van der Waals surface area (Å²) in [6, 6.07) is 0. The Morgan fingerprint density at radius 1 is 0.721 bits per heavy atom. The number of carbonyl (C=O) groups is 3. The SMILES string of the molecule is CCCCC/C=C\C/C=C\C/C=C\C/C=C\C/C=C\CCC(=O)O[C@@H]1COC(=O)CCCCCC[C@H]2C(=O)C[C@@H](O)[C@H](C=C[C@@H](O)CCCCC)[C@@H](O)[C@@H](O)[C@@H](OP(=O)(O)OC1)[C@H](O)[C@@H](O)[C@@H]2O. The lowest BCUT2D eigenvalue weighted by atomic mass is 9.83. The second-order valence-electron chi connectivity index (χ2n) is 17.7. The highest BCUT2D eigenvalue weighted by Gasteiger charge is 2.49. The third-order valence-corrected chi connectivity index (χ3v) is 12.9. The molecule has 0 aromatic rings. The lowest BCUT2D eigenvalue weighted by molar-refractivity contribution is -0.166. The Morgan fingerprint density at radius 3 is 1.93 bits per heavy atom. The summed E-state index contributed by atoms with van der Waals surface area (Å²) < 4.78 is 34.7. The third kappa shape index (κ3) is 25.7. The monoisotopic (exact) mass is 983 g/mol. The molecule has 388 valence electrons. The number of aliphatic hydroxyl groups is 7. The van der Waals surface area contributed by atoms with E-state index in [-0.39, 0.29) is 19.3 Å². The molecule has 1 heterocycles. The molecule has 12 atom stereocenters. The van der Waals surface area contributed by atoms with Gasteiger partial charge in [-0.05, 0) is 64.2 Å². The van der Waals surface area contributed by atoms with E-state index in [2.05, 4.69) is 43.4 Å². The van der Waals surface area contributed by atoms with Crippen LogP contribution in [0.4, 0.5) is 0 Å². The topological polar surface area (TPSA) is 267 Å². The van der Waals surface area contributed by atoms with Crippen LogP contribution in [0.1, 0.15) is 149 Å². The minimum Gasteiger partial charge on any atom is -0.462 e. The van der Waals surface area contributed by atoms with E-state index >= 15 is 0 Å². The minimum absolute atomic E-state index is 0.0282. The summed E-state index contributed by atoms with van der Waals surface area (Å²) in [4.78, 5) is 50.1. The fourth-order valence-corrected chi connectivity index (χ4v) is 8.80. The van der Waals surface area contributed by atoms with Crippen molar-refractivity contribution < 1.29 is 78.1 Å². The van der Waals surface area contributed by atoms with Crippen molar-refractivity contribution in [1.82, 2.24) is 0 Å². The fraction of sp³-hybridized carbons (Fsp3) is 0.706. The average Bonchev–Trinajstić information content (AvgIpc) is 3.31. The van der Waals surface area contributed by atoms with Crippen molar-refractivity contribution in [3.8, 4) is 0 Å². The predicted octanol–water partition coefficient (Wildman–Crippen LogP) is 6.87. The molecule has 1 aliphatic carbocycles. The van der Waals surface area contributed by atoms with Gasteiger partial charge in [-0.2, -0.15) is 0 Å². The van der Waals surface area contributed by atoms with Crippen molar-refractivity contribution in [2.75, 3.05) is 13.2 Å². The molecule has 16 nitrogen and oxygen atoms in total. The quantitative estimate of drug-likeness (QED) is 0.0238. The van der Waals surface area contributed by atoms with Crippen molar-refractivity contribution in [3.63, 3.8) is 0 Å². The molecule has 2 fully saturated rings. The molecular weight excluding hydrogens is 900 g/mol. The van der Waals surface area contributed by atoms with Gasteiger partial charge < -0.3 is 50.1 Å². The summed E-state index contributed by atoms with van der Waals surface area (Å²) >= 11 is 0. The zero-order valence-corrected chi connectivity index (χ0v) is 41.2. The Labute approximate surface area is 404 Å². The van der Waals surface area contributed by atoms with Gasteiger partial charge in [0.25, 0.3) is 0 Å². The maximum Gasteiger partial charge on any atom is 0.472 e.